The van der Waals surface area contributed by atoms with Crippen LogP contribution in [-0.4, -0.2) is 30.4 Å². The summed E-state index contributed by atoms with van der Waals surface area (Å²) in [5.41, 5.74) is 1.95. The zero-order valence-electron chi connectivity index (χ0n) is 15.3. The summed E-state index contributed by atoms with van der Waals surface area (Å²) in [4.78, 5) is 25.5. The van der Waals surface area contributed by atoms with Gasteiger partial charge in [0.15, 0.2) is 11.5 Å². The van der Waals surface area contributed by atoms with Gasteiger partial charge in [0.1, 0.15) is 5.56 Å². The third kappa shape index (κ3) is 3.25. The first-order chi connectivity index (χ1) is 13.2. The molecule has 5 rings (SSSR count). The van der Waals surface area contributed by atoms with Crippen molar-refractivity contribution in [1.29, 1.82) is 0 Å². The SMILES string of the molecule is Cl.O=C(NCc1ccc2c(c1)OCO2)c1ccc2n(c1=O)C[C@@H]1CNC[C@H]2C1. The van der Waals surface area contributed by atoms with Crippen molar-refractivity contribution in [1.82, 2.24) is 15.2 Å². The molecule has 0 radical (unpaired) electrons. The summed E-state index contributed by atoms with van der Waals surface area (Å²) in [5, 5.41) is 6.27. The van der Waals surface area contributed by atoms with Crippen molar-refractivity contribution in [3.8, 4) is 11.5 Å². The number of carbonyl (C=O) groups excluding carboxylic acids is 1. The molecule has 0 spiro atoms. The molecule has 7 nitrogen and oxygen atoms in total. The number of aromatic nitrogens is 1. The largest absolute Gasteiger partial charge is 0.454 e. The average Bonchev–Trinajstić information content (AvgIpc) is 3.15. The Bertz CT molecular complexity index is 974. The van der Waals surface area contributed by atoms with Gasteiger partial charge in [0, 0.05) is 31.2 Å². The van der Waals surface area contributed by atoms with Crippen molar-refractivity contribution in [3.05, 3.63) is 57.5 Å². The third-order valence-corrected chi connectivity index (χ3v) is 5.64. The number of pyridine rings is 1. The zero-order valence-corrected chi connectivity index (χ0v) is 16.1. The molecule has 1 amide bonds. The van der Waals surface area contributed by atoms with Crippen LogP contribution >= 0.6 is 12.4 Å². The molecule has 8 heteroatoms. The number of halogens is 1. The monoisotopic (exact) mass is 403 g/mol. The molecule has 3 aliphatic rings. The standard InChI is InChI=1S/C20H21N3O4.ClH/c24-19(22-8-12-1-4-17-18(6-12)27-11-26-17)15-2-3-16-14-5-13(7-21-9-14)10-23(16)20(15)25;/h1-4,6,13-14,21H,5,7-11H2,(H,22,24);1H/t13-,14+;/m0./s1. The number of nitrogens with zero attached hydrogens (tertiary/aromatic N) is 1. The predicted molar refractivity (Wildman–Crippen MR) is 105 cm³/mol. The second-order valence-electron chi connectivity index (χ2n) is 7.41. The topological polar surface area (TPSA) is 81.6 Å². The maximum absolute atomic E-state index is 12.9. The van der Waals surface area contributed by atoms with E-state index in [9.17, 15) is 9.59 Å². The Morgan fingerprint density at radius 1 is 1.18 bits per heavy atom. The summed E-state index contributed by atoms with van der Waals surface area (Å²) in [6.45, 7) is 3.05. The number of amides is 1. The van der Waals surface area contributed by atoms with Gasteiger partial charge in [-0.3, -0.25) is 9.59 Å². The Kier molecular flexibility index (Phi) is 5.03. The highest BCUT2D eigenvalue weighted by atomic mass is 35.5. The minimum absolute atomic E-state index is 0. The summed E-state index contributed by atoms with van der Waals surface area (Å²) >= 11 is 0. The Balaban J connectivity index is 0.00000192. The van der Waals surface area contributed by atoms with Gasteiger partial charge in [-0.2, -0.15) is 0 Å². The van der Waals surface area contributed by atoms with Crippen LogP contribution in [-0.2, 0) is 13.1 Å². The molecule has 0 unspecified atom stereocenters. The van der Waals surface area contributed by atoms with Gasteiger partial charge in [0.25, 0.3) is 11.5 Å². The van der Waals surface area contributed by atoms with Crippen LogP contribution in [0.1, 0.15) is 34.0 Å². The van der Waals surface area contributed by atoms with E-state index in [2.05, 4.69) is 10.6 Å². The lowest BCUT2D eigenvalue weighted by atomic mass is 9.84. The number of hydrogen-bond acceptors (Lipinski definition) is 5. The first kappa shape index (κ1) is 18.8. The first-order valence-electron chi connectivity index (χ1n) is 9.30. The van der Waals surface area contributed by atoms with Crippen molar-refractivity contribution >= 4 is 18.3 Å². The molecule has 1 aromatic heterocycles. The van der Waals surface area contributed by atoms with Gasteiger partial charge in [-0.1, -0.05) is 6.07 Å². The lowest BCUT2D eigenvalue weighted by molar-refractivity contribution is 0.0948. The number of carbonyl (C=O) groups is 1. The van der Waals surface area contributed by atoms with E-state index < -0.39 is 0 Å². The summed E-state index contributed by atoms with van der Waals surface area (Å²) in [5.74, 6) is 1.85. The Morgan fingerprint density at radius 3 is 2.93 bits per heavy atom. The van der Waals surface area contributed by atoms with Crippen LogP contribution in [0.3, 0.4) is 0 Å². The second kappa shape index (κ2) is 7.48. The number of benzene rings is 1. The molecule has 0 saturated carbocycles. The predicted octanol–water partition coefficient (Wildman–Crippen LogP) is 1.64. The van der Waals surface area contributed by atoms with Gasteiger partial charge in [-0.15, -0.1) is 12.4 Å². The fourth-order valence-electron chi connectivity index (χ4n) is 4.29. The summed E-state index contributed by atoms with van der Waals surface area (Å²) in [6.07, 6.45) is 1.11. The highest BCUT2D eigenvalue weighted by Gasteiger charge is 2.31. The van der Waals surface area contributed by atoms with Crippen molar-refractivity contribution in [3.63, 3.8) is 0 Å². The van der Waals surface area contributed by atoms with Crippen molar-refractivity contribution in [2.75, 3.05) is 19.9 Å². The zero-order chi connectivity index (χ0) is 18.4. The number of piperidine rings is 1. The average molecular weight is 404 g/mol. The van der Waals surface area contributed by atoms with Gasteiger partial charge >= 0.3 is 0 Å². The molecule has 2 atom stereocenters. The van der Waals surface area contributed by atoms with Crippen LogP contribution in [0.25, 0.3) is 0 Å². The molecule has 1 saturated heterocycles. The molecule has 2 bridgehead atoms. The minimum atomic E-state index is -0.346. The van der Waals surface area contributed by atoms with E-state index >= 15 is 0 Å². The van der Waals surface area contributed by atoms with Crippen molar-refractivity contribution in [2.45, 2.75) is 25.4 Å². The van der Waals surface area contributed by atoms with Crippen LogP contribution in [0.4, 0.5) is 0 Å². The van der Waals surface area contributed by atoms with Crippen LogP contribution in [0.2, 0.25) is 0 Å². The third-order valence-electron chi connectivity index (χ3n) is 5.64. The normalized spacial score (nSPS) is 21.4. The number of rotatable bonds is 3. The van der Waals surface area contributed by atoms with Crippen LogP contribution < -0.4 is 25.7 Å². The molecular weight excluding hydrogens is 382 g/mol. The van der Waals surface area contributed by atoms with E-state index in [4.69, 9.17) is 9.47 Å². The summed E-state index contributed by atoms with van der Waals surface area (Å²) in [6, 6.07) is 9.14. The maximum Gasteiger partial charge on any atom is 0.263 e. The van der Waals surface area contributed by atoms with E-state index in [0.717, 1.165) is 30.8 Å². The smallest absolute Gasteiger partial charge is 0.263 e. The maximum atomic E-state index is 12.9. The highest BCUT2D eigenvalue weighted by molar-refractivity contribution is 5.93. The van der Waals surface area contributed by atoms with E-state index in [-0.39, 0.29) is 36.2 Å². The number of hydrogen-bond donors (Lipinski definition) is 2. The molecule has 1 fully saturated rings. The van der Waals surface area contributed by atoms with Crippen molar-refractivity contribution in [2.24, 2.45) is 5.92 Å². The second-order valence-corrected chi connectivity index (χ2v) is 7.41. The van der Waals surface area contributed by atoms with Gasteiger partial charge in [-0.25, -0.2) is 0 Å². The lowest BCUT2D eigenvalue weighted by Gasteiger charge is -2.37. The van der Waals surface area contributed by atoms with Crippen molar-refractivity contribution < 1.29 is 14.3 Å². The van der Waals surface area contributed by atoms with E-state index in [1.165, 1.54) is 0 Å². The Hall–Kier alpha value is -2.51. The quantitative estimate of drug-likeness (QED) is 0.814. The molecular formula is C20H22ClN3O4. The summed E-state index contributed by atoms with van der Waals surface area (Å²) in [7, 11) is 0. The number of fused-ring (bicyclic) bond motifs is 5. The molecule has 0 aliphatic carbocycles. The van der Waals surface area contributed by atoms with Gasteiger partial charge in [0.2, 0.25) is 6.79 Å². The Labute approximate surface area is 168 Å². The molecule has 28 heavy (non-hydrogen) atoms. The molecule has 3 aliphatic heterocycles. The highest BCUT2D eigenvalue weighted by Crippen LogP contribution is 2.33. The van der Waals surface area contributed by atoms with E-state index in [1.54, 1.807) is 10.6 Å². The van der Waals surface area contributed by atoms with Crippen LogP contribution in [0.15, 0.2) is 35.1 Å². The van der Waals surface area contributed by atoms with Crippen LogP contribution in [0.5, 0.6) is 11.5 Å². The fourth-order valence-corrected chi connectivity index (χ4v) is 4.29. The van der Waals surface area contributed by atoms with Gasteiger partial charge in [-0.05, 0) is 48.7 Å². The van der Waals surface area contributed by atoms with E-state index in [0.29, 0.717) is 36.4 Å². The molecule has 1 aromatic carbocycles. The number of nitrogens with one attached hydrogen (secondary N) is 2. The van der Waals surface area contributed by atoms with E-state index in [1.807, 2.05) is 24.3 Å². The first-order valence-corrected chi connectivity index (χ1v) is 9.30. The molecule has 2 aromatic rings. The molecule has 4 heterocycles. The molecule has 148 valence electrons. The molecule has 2 N–H and O–H groups in total. The summed E-state index contributed by atoms with van der Waals surface area (Å²) < 4.78 is 12.4. The lowest BCUT2D eigenvalue weighted by Crippen LogP contribution is -2.46. The van der Waals surface area contributed by atoms with Crippen LogP contribution in [0, 0.1) is 5.92 Å². The van der Waals surface area contributed by atoms with Gasteiger partial charge in [0.05, 0.1) is 0 Å². The number of ether oxygens (including phenoxy) is 2. The minimum Gasteiger partial charge on any atom is -0.454 e. The fraction of sp³-hybridized carbons (Fsp3) is 0.400. The van der Waals surface area contributed by atoms with Gasteiger partial charge < -0.3 is 24.7 Å². The Morgan fingerprint density at radius 2 is 2.04 bits per heavy atom.